The van der Waals surface area contributed by atoms with Gasteiger partial charge < -0.3 is 10.6 Å². The van der Waals surface area contributed by atoms with Gasteiger partial charge in [0, 0.05) is 49.0 Å². The van der Waals surface area contributed by atoms with Crippen molar-refractivity contribution in [1.29, 1.82) is 0 Å². The predicted molar refractivity (Wildman–Crippen MR) is 100 cm³/mol. The Kier molecular flexibility index (Phi) is 5.51. The maximum atomic E-state index is 4.63. The van der Waals surface area contributed by atoms with Gasteiger partial charge in [-0.3, -0.25) is 9.97 Å². The smallest absolute Gasteiger partial charge is 0.225 e. The Balaban J connectivity index is 1.86. The average molecular weight is 334 g/mol. The highest BCUT2D eigenvalue weighted by molar-refractivity contribution is 5.63. The summed E-state index contributed by atoms with van der Waals surface area (Å²) in [5.74, 6) is 1.38. The topological polar surface area (TPSA) is 75.6 Å². The molecular formula is C19H22N6. The molecule has 3 aromatic rings. The molecule has 0 amide bonds. The van der Waals surface area contributed by atoms with E-state index in [9.17, 15) is 0 Å². The van der Waals surface area contributed by atoms with Gasteiger partial charge in [0.15, 0.2) is 0 Å². The Bertz CT molecular complexity index is 792. The summed E-state index contributed by atoms with van der Waals surface area (Å²) in [4.78, 5) is 17.5. The molecule has 1 atom stereocenters. The second-order valence-electron chi connectivity index (χ2n) is 5.87. The van der Waals surface area contributed by atoms with Gasteiger partial charge in [-0.2, -0.15) is 4.98 Å². The van der Waals surface area contributed by atoms with E-state index in [1.807, 2.05) is 36.5 Å². The Labute approximate surface area is 147 Å². The van der Waals surface area contributed by atoms with Crippen molar-refractivity contribution in [1.82, 2.24) is 19.9 Å². The van der Waals surface area contributed by atoms with Crippen LogP contribution in [-0.4, -0.2) is 26.0 Å². The van der Waals surface area contributed by atoms with Crippen LogP contribution in [0.4, 0.5) is 11.8 Å². The standard InChI is InChI=1S/C19H22N6/c1-3-14(2)23-19-24-17(16-7-5-9-21-13-16)10-18(25-19)22-12-15-6-4-8-20-11-15/h4-11,13-14H,3,12H2,1-2H3,(H2,22,23,24,25)/t14-/m0/s1. The first-order valence-corrected chi connectivity index (χ1v) is 8.43. The lowest BCUT2D eigenvalue weighted by Crippen LogP contribution is -2.16. The van der Waals surface area contributed by atoms with E-state index < -0.39 is 0 Å². The predicted octanol–water partition coefficient (Wildman–Crippen LogP) is 3.76. The molecule has 0 aliphatic rings. The monoisotopic (exact) mass is 334 g/mol. The minimum atomic E-state index is 0.301. The Morgan fingerprint density at radius 1 is 1.04 bits per heavy atom. The van der Waals surface area contributed by atoms with Crippen LogP contribution in [0.25, 0.3) is 11.3 Å². The average Bonchev–Trinajstić information content (AvgIpc) is 2.67. The molecular weight excluding hydrogens is 312 g/mol. The molecule has 0 radical (unpaired) electrons. The lowest BCUT2D eigenvalue weighted by Gasteiger charge is -2.14. The Morgan fingerprint density at radius 2 is 1.84 bits per heavy atom. The van der Waals surface area contributed by atoms with Gasteiger partial charge in [-0.25, -0.2) is 4.98 Å². The van der Waals surface area contributed by atoms with Crippen molar-refractivity contribution in [2.24, 2.45) is 0 Å². The fourth-order valence-corrected chi connectivity index (χ4v) is 2.28. The van der Waals surface area contributed by atoms with E-state index in [0.717, 1.165) is 29.1 Å². The highest BCUT2D eigenvalue weighted by atomic mass is 15.2. The van der Waals surface area contributed by atoms with Crippen molar-refractivity contribution in [3.63, 3.8) is 0 Å². The van der Waals surface area contributed by atoms with Crippen molar-refractivity contribution in [3.05, 3.63) is 60.7 Å². The lowest BCUT2D eigenvalue weighted by molar-refractivity contribution is 0.753. The van der Waals surface area contributed by atoms with Gasteiger partial charge in [-0.05, 0) is 37.1 Å². The normalized spacial score (nSPS) is 11.8. The van der Waals surface area contributed by atoms with Crippen LogP contribution in [0, 0.1) is 0 Å². The molecule has 6 nitrogen and oxygen atoms in total. The highest BCUT2D eigenvalue weighted by Gasteiger charge is 2.09. The fourth-order valence-electron chi connectivity index (χ4n) is 2.28. The molecule has 0 fully saturated rings. The van der Waals surface area contributed by atoms with Gasteiger partial charge in [-0.15, -0.1) is 0 Å². The third-order valence-corrected chi connectivity index (χ3v) is 3.87. The number of nitrogens with one attached hydrogen (secondary N) is 2. The zero-order chi connectivity index (χ0) is 17.5. The first kappa shape index (κ1) is 16.8. The summed E-state index contributed by atoms with van der Waals surface area (Å²) in [6.45, 7) is 4.90. The molecule has 0 unspecified atom stereocenters. The molecule has 2 N–H and O–H groups in total. The maximum Gasteiger partial charge on any atom is 0.225 e. The summed E-state index contributed by atoms with van der Waals surface area (Å²) in [6, 6.07) is 10.1. The number of pyridine rings is 2. The summed E-state index contributed by atoms with van der Waals surface area (Å²) >= 11 is 0. The molecule has 25 heavy (non-hydrogen) atoms. The number of anilines is 2. The van der Waals surface area contributed by atoms with Gasteiger partial charge in [0.25, 0.3) is 0 Å². The van der Waals surface area contributed by atoms with E-state index >= 15 is 0 Å². The molecule has 0 saturated heterocycles. The first-order chi connectivity index (χ1) is 12.2. The number of nitrogens with zero attached hydrogens (tertiary/aromatic N) is 4. The second kappa shape index (κ2) is 8.19. The lowest BCUT2D eigenvalue weighted by atomic mass is 10.2. The largest absolute Gasteiger partial charge is 0.366 e. The van der Waals surface area contributed by atoms with Crippen molar-refractivity contribution in [2.45, 2.75) is 32.9 Å². The number of hydrogen-bond acceptors (Lipinski definition) is 6. The van der Waals surface area contributed by atoms with E-state index in [4.69, 9.17) is 0 Å². The van der Waals surface area contributed by atoms with Crippen LogP contribution in [0.5, 0.6) is 0 Å². The molecule has 0 saturated carbocycles. The number of hydrogen-bond donors (Lipinski definition) is 2. The molecule has 0 bridgehead atoms. The van der Waals surface area contributed by atoms with E-state index in [1.54, 1.807) is 18.6 Å². The van der Waals surface area contributed by atoms with Crippen LogP contribution in [-0.2, 0) is 6.54 Å². The third kappa shape index (κ3) is 4.73. The van der Waals surface area contributed by atoms with Crippen molar-refractivity contribution in [2.75, 3.05) is 10.6 Å². The summed E-state index contributed by atoms with van der Waals surface area (Å²) in [6.07, 6.45) is 8.17. The maximum absolute atomic E-state index is 4.63. The van der Waals surface area contributed by atoms with E-state index in [0.29, 0.717) is 18.5 Å². The van der Waals surface area contributed by atoms with E-state index in [2.05, 4.69) is 44.4 Å². The molecule has 0 aliphatic carbocycles. The van der Waals surface area contributed by atoms with Gasteiger partial charge in [0.2, 0.25) is 5.95 Å². The Morgan fingerprint density at radius 3 is 2.52 bits per heavy atom. The van der Waals surface area contributed by atoms with Crippen LogP contribution in [0.15, 0.2) is 55.1 Å². The van der Waals surface area contributed by atoms with Crippen LogP contribution in [0.2, 0.25) is 0 Å². The quantitative estimate of drug-likeness (QED) is 0.685. The molecule has 3 aromatic heterocycles. The highest BCUT2D eigenvalue weighted by Crippen LogP contribution is 2.21. The van der Waals surface area contributed by atoms with Crippen LogP contribution < -0.4 is 10.6 Å². The number of rotatable bonds is 7. The minimum Gasteiger partial charge on any atom is -0.366 e. The van der Waals surface area contributed by atoms with Crippen molar-refractivity contribution in [3.8, 4) is 11.3 Å². The van der Waals surface area contributed by atoms with Crippen LogP contribution >= 0.6 is 0 Å². The summed E-state index contributed by atoms with van der Waals surface area (Å²) in [5.41, 5.74) is 2.89. The van der Waals surface area contributed by atoms with Gasteiger partial charge in [-0.1, -0.05) is 13.0 Å². The zero-order valence-corrected chi connectivity index (χ0v) is 14.5. The number of aromatic nitrogens is 4. The van der Waals surface area contributed by atoms with Gasteiger partial charge in [0.05, 0.1) is 5.69 Å². The molecule has 128 valence electrons. The molecule has 3 rings (SSSR count). The second-order valence-corrected chi connectivity index (χ2v) is 5.87. The summed E-state index contributed by atoms with van der Waals surface area (Å²) in [5, 5.41) is 6.70. The van der Waals surface area contributed by atoms with Crippen LogP contribution in [0.1, 0.15) is 25.8 Å². The molecule has 0 aliphatic heterocycles. The van der Waals surface area contributed by atoms with E-state index in [1.165, 1.54) is 0 Å². The molecule has 0 spiro atoms. The van der Waals surface area contributed by atoms with Crippen LogP contribution in [0.3, 0.4) is 0 Å². The fraction of sp³-hybridized carbons (Fsp3) is 0.263. The summed E-state index contributed by atoms with van der Waals surface area (Å²) in [7, 11) is 0. The first-order valence-electron chi connectivity index (χ1n) is 8.43. The van der Waals surface area contributed by atoms with Gasteiger partial charge in [0.1, 0.15) is 5.82 Å². The minimum absolute atomic E-state index is 0.301. The van der Waals surface area contributed by atoms with Crippen molar-refractivity contribution >= 4 is 11.8 Å². The van der Waals surface area contributed by atoms with Crippen molar-refractivity contribution < 1.29 is 0 Å². The summed E-state index contributed by atoms with van der Waals surface area (Å²) < 4.78 is 0. The third-order valence-electron chi connectivity index (χ3n) is 3.87. The zero-order valence-electron chi connectivity index (χ0n) is 14.5. The molecule has 6 heteroatoms. The van der Waals surface area contributed by atoms with Gasteiger partial charge >= 0.3 is 0 Å². The SMILES string of the molecule is CC[C@H](C)Nc1nc(NCc2cccnc2)cc(-c2cccnc2)n1. The van der Waals surface area contributed by atoms with E-state index in [-0.39, 0.29) is 0 Å². The molecule has 3 heterocycles. The Hall–Kier alpha value is -3.02. The molecule has 0 aromatic carbocycles.